The summed E-state index contributed by atoms with van der Waals surface area (Å²) in [4.78, 5) is 11.8. The normalized spacial score (nSPS) is 10.5. The summed E-state index contributed by atoms with van der Waals surface area (Å²) in [5.41, 5.74) is 0.494. The molecular weight excluding hydrogens is 283 g/mol. The Morgan fingerprint density at radius 2 is 1.67 bits per heavy atom. The number of hydrogen-bond donors (Lipinski definition) is 2. The van der Waals surface area contributed by atoms with E-state index in [1.165, 1.54) is 0 Å². The fraction of sp³-hybridized carbons (Fsp3) is 0.133. The van der Waals surface area contributed by atoms with Crippen LogP contribution in [0.2, 0.25) is 0 Å². The summed E-state index contributed by atoms with van der Waals surface area (Å²) in [5.74, 6) is -4.57. The number of carbonyl (C=O) groups excluding carboxylic acids is 1. The van der Waals surface area contributed by atoms with E-state index >= 15 is 0 Å². The standard InChI is InChI=1S/C15H12F3NO2/c16-11-5-12(17)14(13(18)6-11)15(21)19-7-9-2-1-3-10(4-9)8-20/h1-6,20H,7-8H2,(H,19,21). The Morgan fingerprint density at radius 3 is 2.29 bits per heavy atom. The van der Waals surface area contributed by atoms with Gasteiger partial charge >= 0.3 is 0 Å². The van der Waals surface area contributed by atoms with Crippen LogP contribution in [0.1, 0.15) is 21.5 Å². The van der Waals surface area contributed by atoms with Crippen molar-refractivity contribution in [1.29, 1.82) is 0 Å². The third-order valence-corrected chi connectivity index (χ3v) is 2.86. The third-order valence-electron chi connectivity index (χ3n) is 2.86. The Labute approximate surface area is 119 Å². The molecule has 21 heavy (non-hydrogen) atoms. The van der Waals surface area contributed by atoms with Crippen molar-refractivity contribution >= 4 is 5.91 Å². The maximum absolute atomic E-state index is 13.4. The first-order valence-electron chi connectivity index (χ1n) is 6.12. The van der Waals surface area contributed by atoms with Crippen LogP contribution in [0.5, 0.6) is 0 Å². The number of carbonyl (C=O) groups is 1. The topological polar surface area (TPSA) is 49.3 Å². The number of aliphatic hydroxyl groups excluding tert-OH is 1. The molecule has 0 fully saturated rings. The van der Waals surface area contributed by atoms with E-state index in [4.69, 9.17) is 5.11 Å². The second-order valence-corrected chi connectivity index (χ2v) is 4.41. The van der Waals surface area contributed by atoms with Crippen molar-refractivity contribution in [3.63, 3.8) is 0 Å². The SMILES string of the molecule is O=C(NCc1cccc(CO)c1)c1c(F)cc(F)cc1F. The largest absolute Gasteiger partial charge is 0.392 e. The van der Waals surface area contributed by atoms with Gasteiger partial charge in [0.15, 0.2) is 0 Å². The number of benzene rings is 2. The summed E-state index contributed by atoms with van der Waals surface area (Å²) in [7, 11) is 0. The average Bonchev–Trinajstić information content (AvgIpc) is 2.44. The van der Waals surface area contributed by atoms with Gasteiger partial charge in [-0.05, 0) is 11.1 Å². The third kappa shape index (κ3) is 3.61. The van der Waals surface area contributed by atoms with Crippen LogP contribution in [0, 0.1) is 17.5 Å². The minimum atomic E-state index is -1.26. The molecule has 0 aliphatic carbocycles. The number of halogens is 3. The lowest BCUT2D eigenvalue weighted by atomic mass is 10.1. The van der Waals surface area contributed by atoms with Crippen LogP contribution in [0.4, 0.5) is 13.2 Å². The summed E-state index contributed by atoms with van der Waals surface area (Å²) in [6, 6.07) is 7.62. The molecule has 2 rings (SSSR count). The van der Waals surface area contributed by atoms with E-state index in [0.717, 1.165) is 0 Å². The van der Waals surface area contributed by atoms with Gasteiger partial charge in [0.05, 0.1) is 6.61 Å². The van der Waals surface area contributed by atoms with Crippen molar-refractivity contribution < 1.29 is 23.1 Å². The zero-order valence-corrected chi connectivity index (χ0v) is 10.9. The molecule has 3 nitrogen and oxygen atoms in total. The molecule has 0 aliphatic heterocycles. The summed E-state index contributed by atoms with van der Waals surface area (Å²) >= 11 is 0. The number of nitrogens with one attached hydrogen (secondary N) is 1. The maximum Gasteiger partial charge on any atom is 0.257 e. The van der Waals surface area contributed by atoms with E-state index in [-0.39, 0.29) is 13.2 Å². The van der Waals surface area contributed by atoms with Crippen molar-refractivity contribution in [2.45, 2.75) is 13.2 Å². The Kier molecular flexibility index (Phi) is 4.59. The van der Waals surface area contributed by atoms with E-state index in [1.807, 2.05) is 0 Å². The van der Waals surface area contributed by atoms with Gasteiger partial charge in [-0.2, -0.15) is 0 Å². The van der Waals surface area contributed by atoms with Gasteiger partial charge < -0.3 is 10.4 Å². The molecule has 0 saturated heterocycles. The lowest BCUT2D eigenvalue weighted by molar-refractivity contribution is 0.0942. The number of aliphatic hydroxyl groups is 1. The lowest BCUT2D eigenvalue weighted by Gasteiger charge is -2.08. The Hall–Kier alpha value is -2.34. The monoisotopic (exact) mass is 295 g/mol. The highest BCUT2D eigenvalue weighted by Gasteiger charge is 2.18. The quantitative estimate of drug-likeness (QED) is 0.910. The number of amides is 1. The van der Waals surface area contributed by atoms with E-state index in [2.05, 4.69) is 5.32 Å². The van der Waals surface area contributed by atoms with Crippen molar-refractivity contribution in [2.75, 3.05) is 0 Å². The molecule has 110 valence electrons. The summed E-state index contributed by atoms with van der Waals surface area (Å²) < 4.78 is 39.6. The highest BCUT2D eigenvalue weighted by Crippen LogP contribution is 2.15. The van der Waals surface area contributed by atoms with Crippen LogP contribution in [-0.4, -0.2) is 11.0 Å². The molecule has 6 heteroatoms. The maximum atomic E-state index is 13.4. The van der Waals surface area contributed by atoms with Gasteiger partial charge in [-0.1, -0.05) is 24.3 Å². The fourth-order valence-corrected chi connectivity index (χ4v) is 1.87. The van der Waals surface area contributed by atoms with Gasteiger partial charge in [0, 0.05) is 18.7 Å². The van der Waals surface area contributed by atoms with E-state index in [0.29, 0.717) is 23.3 Å². The molecule has 0 spiro atoms. The van der Waals surface area contributed by atoms with Gasteiger partial charge in [-0.25, -0.2) is 13.2 Å². The number of hydrogen-bond acceptors (Lipinski definition) is 2. The molecule has 0 atom stereocenters. The summed E-state index contributed by atoms with van der Waals surface area (Å²) in [6.07, 6.45) is 0. The predicted octanol–water partition coefficient (Wildman–Crippen LogP) is 2.53. The average molecular weight is 295 g/mol. The first-order chi connectivity index (χ1) is 10.0. The molecule has 1 amide bonds. The molecule has 0 radical (unpaired) electrons. The molecule has 2 aromatic rings. The van der Waals surface area contributed by atoms with Gasteiger partial charge in [0.2, 0.25) is 0 Å². The van der Waals surface area contributed by atoms with Crippen LogP contribution < -0.4 is 5.32 Å². The van der Waals surface area contributed by atoms with Crippen LogP contribution in [-0.2, 0) is 13.2 Å². The van der Waals surface area contributed by atoms with Crippen molar-refractivity contribution in [1.82, 2.24) is 5.32 Å². The molecule has 2 aromatic carbocycles. The molecule has 0 aliphatic rings. The molecular formula is C15H12F3NO2. The molecule has 0 bridgehead atoms. The Balaban J connectivity index is 2.12. The minimum Gasteiger partial charge on any atom is -0.392 e. The van der Waals surface area contributed by atoms with Crippen molar-refractivity contribution in [2.24, 2.45) is 0 Å². The van der Waals surface area contributed by atoms with Gasteiger partial charge in [-0.15, -0.1) is 0 Å². The van der Waals surface area contributed by atoms with Gasteiger partial charge in [0.1, 0.15) is 23.0 Å². The second kappa shape index (κ2) is 6.41. The highest BCUT2D eigenvalue weighted by molar-refractivity contribution is 5.94. The molecule has 0 unspecified atom stereocenters. The lowest BCUT2D eigenvalue weighted by Crippen LogP contribution is -2.25. The van der Waals surface area contributed by atoms with Crippen molar-refractivity contribution in [3.8, 4) is 0 Å². The Bertz CT molecular complexity index is 651. The van der Waals surface area contributed by atoms with Crippen molar-refractivity contribution in [3.05, 3.63) is 70.5 Å². The van der Waals surface area contributed by atoms with Crippen LogP contribution in [0.3, 0.4) is 0 Å². The predicted molar refractivity (Wildman–Crippen MR) is 69.9 cm³/mol. The van der Waals surface area contributed by atoms with Crippen LogP contribution in [0.25, 0.3) is 0 Å². The molecule has 2 N–H and O–H groups in total. The van der Waals surface area contributed by atoms with Gasteiger partial charge in [-0.3, -0.25) is 4.79 Å². The summed E-state index contributed by atoms with van der Waals surface area (Å²) in [5, 5.41) is 11.3. The van der Waals surface area contributed by atoms with E-state index in [9.17, 15) is 18.0 Å². The number of rotatable bonds is 4. The minimum absolute atomic E-state index is 0.0307. The van der Waals surface area contributed by atoms with E-state index < -0.39 is 28.9 Å². The fourth-order valence-electron chi connectivity index (χ4n) is 1.87. The smallest absolute Gasteiger partial charge is 0.257 e. The Morgan fingerprint density at radius 1 is 1.05 bits per heavy atom. The summed E-state index contributed by atoms with van der Waals surface area (Å²) in [6.45, 7) is -0.119. The first kappa shape index (κ1) is 15.1. The highest BCUT2D eigenvalue weighted by atomic mass is 19.1. The van der Waals surface area contributed by atoms with E-state index in [1.54, 1.807) is 24.3 Å². The first-order valence-corrected chi connectivity index (χ1v) is 6.12. The van der Waals surface area contributed by atoms with Crippen LogP contribution in [0.15, 0.2) is 36.4 Å². The molecule has 0 saturated carbocycles. The zero-order valence-electron chi connectivity index (χ0n) is 10.9. The zero-order chi connectivity index (χ0) is 15.4. The van der Waals surface area contributed by atoms with Gasteiger partial charge in [0.25, 0.3) is 5.91 Å². The molecule has 0 heterocycles. The second-order valence-electron chi connectivity index (χ2n) is 4.41. The molecule has 0 aromatic heterocycles. The van der Waals surface area contributed by atoms with Crippen LogP contribution >= 0.6 is 0 Å².